The summed E-state index contributed by atoms with van der Waals surface area (Å²) in [6.07, 6.45) is 3.72. The van der Waals surface area contributed by atoms with Crippen LogP contribution in [0.5, 0.6) is 5.75 Å². The van der Waals surface area contributed by atoms with Gasteiger partial charge in [-0.25, -0.2) is 0 Å². The number of thioether (sulfide) groups is 1. The van der Waals surface area contributed by atoms with E-state index in [9.17, 15) is 0 Å². The smallest absolute Gasteiger partial charge is 0.193 e. The molecule has 0 aliphatic heterocycles. The van der Waals surface area contributed by atoms with Gasteiger partial charge in [-0.05, 0) is 30.7 Å². The molecule has 150 valence electrons. The van der Waals surface area contributed by atoms with Crippen LogP contribution in [0.3, 0.4) is 0 Å². The lowest BCUT2D eigenvalue weighted by Crippen LogP contribution is -2.23. The molecule has 1 heterocycles. The summed E-state index contributed by atoms with van der Waals surface area (Å²) in [6, 6.07) is 7.58. The summed E-state index contributed by atoms with van der Waals surface area (Å²) in [7, 11) is 1.64. The first-order valence-corrected chi connectivity index (χ1v) is 9.93. The number of rotatable bonds is 9. The lowest BCUT2D eigenvalue weighted by Gasteiger charge is -2.11. The van der Waals surface area contributed by atoms with Gasteiger partial charge in [0.05, 0.1) is 7.11 Å². The van der Waals surface area contributed by atoms with Crippen molar-refractivity contribution in [2.75, 3.05) is 25.2 Å². The lowest BCUT2D eigenvalue weighted by atomic mass is 10.2. The topological polar surface area (TPSA) is 90.3 Å². The summed E-state index contributed by atoms with van der Waals surface area (Å²) < 4.78 is 7.40. The molecule has 2 aromatic rings. The summed E-state index contributed by atoms with van der Waals surface area (Å²) in [6.45, 7) is 5.96. The lowest BCUT2D eigenvalue weighted by molar-refractivity contribution is 0.415. The number of hydrogen-bond acceptors (Lipinski definition) is 5. The van der Waals surface area contributed by atoms with Gasteiger partial charge in [0.1, 0.15) is 11.6 Å². The standard InChI is InChI=1S/C18H28N6OS.HI/c1-13(2)12-24-16(22-23-18(24)26-4)9-6-10-20-17(19)21-14-7-5-8-15(11-14)25-3;/h5,7-8,11,13H,6,9-10,12H2,1-4H3,(H3,19,20,21);1H. The van der Waals surface area contributed by atoms with Crippen molar-refractivity contribution in [1.29, 1.82) is 0 Å². The number of hydrogen-bond donors (Lipinski definition) is 2. The van der Waals surface area contributed by atoms with Crippen LogP contribution in [0.2, 0.25) is 0 Å². The molecule has 2 rings (SSSR count). The third kappa shape index (κ3) is 7.57. The average Bonchev–Trinajstić information content (AvgIpc) is 3.00. The van der Waals surface area contributed by atoms with Gasteiger partial charge in [0, 0.05) is 31.3 Å². The molecule has 0 saturated heterocycles. The molecule has 0 fully saturated rings. The second kappa shape index (κ2) is 12.1. The van der Waals surface area contributed by atoms with Crippen LogP contribution >= 0.6 is 35.7 Å². The van der Waals surface area contributed by atoms with Crippen molar-refractivity contribution < 1.29 is 4.74 Å². The highest BCUT2D eigenvalue weighted by Crippen LogP contribution is 2.17. The van der Waals surface area contributed by atoms with Gasteiger partial charge in [0.15, 0.2) is 11.1 Å². The van der Waals surface area contributed by atoms with Gasteiger partial charge in [-0.2, -0.15) is 0 Å². The molecule has 1 aromatic carbocycles. The number of benzene rings is 1. The molecule has 0 bridgehead atoms. The first-order chi connectivity index (χ1) is 12.5. The minimum absolute atomic E-state index is 0. The molecule has 27 heavy (non-hydrogen) atoms. The summed E-state index contributed by atoms with van der Waals surface area (Å²) in [5.41, 5.74) is 6.81. The van der Waals surface area contributed by atoms with E-state index in [1.807, 2.05) is 30.5 Å². The van der Waals surface area contributed by atoms with Crippen molar-refractivity contribution in [2.24, 2.45) is 16.6 Å². The van der Waals surface area contributed by atoms with Crippen LogP contribution in [0.1, 0.15) is 26.1 Å². The minimum atomic E-state index is 0. The summed E-state index contributed by atoms with van der Waals surface area (Å²) in [4.78, 5) is 4.39. The molecule has 7 nitrogen and oxygen atoms in total. The van der Waals surface area contributed by atoms with Crippen molar-refractivity contribution in [1.82, 2.24) is 14.8 Å². The third-order valence-corrected chi connectivity index (χ3v) is 4.37. The zero-order valence-corrected chi connectivity index (χ0v) is 19.5. The maximum absolute atomic E-state index is 5.96. The molecule has 0 unspecified atom stereocenters. The predicted molar refractivity (Wildman–Crippen MR) is 123 cm³/mol. The number of aromatic nitrogens is 3. The van der Waals surface area contributed by atoms with Gasteiger partial charge >= 0.3 is 0 Å². The number of aliphatic imine (C=N–C) groups is 1. The average molecular weight is 504 g/mol. The van der Waals surface area contributed by atoms with Crippen molar-refractivity contribution in [3.05, 3.63) is 30.1 Å². The molecule has 0 spiro atoms. The van der Waals surface area contributed by atoms with Crippen molar-refractivity contribution >= 4 is 47.4 Å². The van der Waals surface area contributed by atoms with Gasteiger partial charge in [-0.1, -0.05) is 31.7 Å². The monoisotopic (exact) mass is 504 g/mol. The van der Waals surface area contributed by atoms with Crippen molar-refractivity contribution in [2.45, 2.75) is 38.4 Å². The van der Waals surface area contributed by atoms with Crippen LogP contribution in [-0.4, -0.2) is 40.6 Å². The van der Waals surface area contributed by atoms with E-state index in [2.05, 4.69) is 38.9 Å². The van der Waals surface area contributed by atoms with Crippen LogP contribution in [-0.2, 0) is 13.0 Å². The number of aryl methyl sites for hydroxylation is 1. The Morgan fingerprint density at radius 3 is 2.81 bits per heavy atom. The van der Waals surface area contributed by atoms with E-state index in [4.69, 9.17) is 10.5 Å². The summed E-state index contributed by atoms with van der Waals surface area (Å²) >= 11 is 1.63. The van der Waals surface area contributed by atoms with E-state index in [1.54, 1.807) is 18.9 Å². The van der Waals surface area contributed by atoms with Gasteiger partial charge in [-0.3, -0.25) is 4.99 Å². The van der Waals surface area contributed by atoms with E-state index in [0.717, 1.165) is 41.8 Å². The maximum atomic E-state index is 5.96. The molecule has 0 aliphatic rings. The molecule has 0 saturated carbocycles. The van der Waals surface area contributed by atoms with E-state index in [1.165, 1.54) is 0 Å². The zero-order valence-electron chi connectivity index (χ0n) is 16.3. The largest absolute Gasteiger partial charge is 0.497 e. The SMILES string of the molecule is COc1cccc(NC(N)=NCCCc2nnc(SC)n2CC(C)C)c1.I. The normalized spacial score (nSPS) is 11.4. The van der Waals surface area contributed by atoms with Crippen molar-refractivity contribution in [3.8, 4) is 5.75 Å². The maximum Gasteiger partial charge on any atom is 0.193 e. The highest BCUT2D eigenvalue weighted by atomic mass is 127. The Morgan fingerprint density at radius 2 is 2.15 bits per heavy atom. The van der Waals surface area contributed by atoms with E-state index >= 15 is 0 Å². The molecule has 1 aromatic heterocycles. The fraction of sp³-hybridized carbons (Fsp3) is 0.500. The summed E-state index contributed by atoms with van der Waals surface area (Å²) in [5, 5.41) is 12.6. The van der Waals surface area contributed by atoms with Crippen LogP contribution in [0, 0.1) is 5.92 Å². The molecule has 0 amide bonds. The fourth-order valence-electron chi connectivity index (χ4n) is 2.53. The van der Waals surface area contributed by atoms with Gasteiger partial charge in [-0.15, -0.1) is 34.2 Å². The number of methoxy groups -OCH3 is 1. The molecular formula is C18H29IN6OS. The number of anilines is 1. The fourth-order valence-corrected chi connectivity index (χ4v) is 3.05. The Bertz CT molecular complexity index is 734. The molecule has 0 aliphatic carbocycles. The van der Waals surface area contributed by atoms with E-state index < -0.39 is 0 Å². The first kappa shape index (κ1) is 23.5. The van der Waals surface area contributed by atoms with Crippen LogP contribution in [0.25, 0.3) is 0 Å². The predicted octanol–water partition coefficient (Wildman–Crippen LogP) is 3.64. The zero-order chi connectivity index (χ0) is 18.9. The molecular weight excluding hydrogens is 475 g/mol. The Kier molecular flexibility index (Phi) is 10.5. The van der Waals surface area contributed by atoms with E-state index in [-0.39, 0.29) is 24.0 Å². The quantitative estimate of drug-likeness (QED) is 0.178. The molecule has 0 atom stereocenters. The number of nitrogens with one attached hydrogen (secondary N) is 1. The number of guanidine groups is 1. The number of nitrogens with zero attached hydrogens (tertiary/aromatic N) is 4. The summed E-state index contributed by atoms with van der Waals surface area (Å²) in [5.74, 6) is 2.73. The number of halogens is 1. The second-order valence-electron chi connectivity index (χ2n) is 6.33. The van der Waals surface area contributed by atoms with Gasteiger partial charge < -0.3 is 20.4 Å². The van der Waals surface area contributed by atoms with Crippen LogP contribution < -0.4 is 15.8 Å². The highest BCUT2D eigenvalue weighted by Gasteiger charge is 2.12. The Labute approximate surface area is 182 Å². The first-order valence-electron chi connectivity index (χ1n) is 8.70. The molecule has 0 radical (unpaired) electrons. The Morgan fingerprint density at radius 1 is 1.37 bits per heavy atom. The van der Waals surface area contributed by atoms with Gasteiger partial charge in [0.25, 0.3) is 0 Å². The minimum Gasteiger partial charge on any atom is -0.497 e. The second-order valence-corrected chi connectivity index (χ2v) is 7.11. The number of ether oxygens (including phenoxy) is 1. The molecule has 3 N–H and O–H groups in total. The van der Waals surface area contributed by atoms with Crippen LogP contribution in [0.15, 0.2) is 34.4 Å². The number of nitrogens with two attached hydrogens (primary N) is 1. The van der Waals surface area contributed by atoms with Crippen LogP contribution in [0.4, 0.5) is 5.69 Å². The molecule has 9 heteroatoms. The van der Waals surface area contributed by atoms with Crippen molar-refractivity contribution in [3.63, 3.8) is 0 Å². The Hall–Kier alpha value is -1.49. The Balaban J connectivity index is 0.00000364. The third-order valence-electron chi connectivity index (χ3n) is 3.71. The van der Waals surface area contributed by atoms with Gasteiger partial charge in [0.2, 0.25) is 0 Å². The highest BCUT2D eigenvalue weighted by molar-refractivity contribution is 14.0. The van der Waals surface area contributed by atoms with E-state index in [0.29, 0.717) is 18.4 Å².